The van der Waals surface area contributed by atoms with Crippen LogP contribution in [0.25, 0.3) is 87.0 Å². The monoisotopic (exact) mass is 758 g/mol. The van der Waals surface area contributed by atoms with E-state index in [9.17, 15) is 0 Å². The number of fused-ring (bicyclic) bond motifs is 6. The van der Waals surface area contributed by atoms with Crippen molar-refractivity contribution in [1.82, 2.24) is 15.0 Å². The molecule has 0 bridgehead atoms. The van der Waals surface area contributed by atoms with E-state index in [1.165, 1.54) is 42.8 Å². The lowest BCUT2D eigenvalue weighted by atomic mass is 9.99. The molecule has 0 saturated carbocycles. The second-order valence-electron chi connectivity index (χ2n) is 14.4. The van der Waals surface area contributed by atoms with E-state index in [0.29, 0.717) is 17.5 Å². The summed E-state index contributed by atoms with van der Waals surface area (Å²) in [6, 6.07) is 72.9. The molecule has 2 aromatic heterocycles. The Bertz CT molecular complexity index is 3210. The molecule has 58 heavy (non-hydrogen) atoms. The van der Waals surface area contributed by atoms with Crippen LogP contribution >= 0.6 is 11.3 Å². The maximum atomic E-state index is 5.22. The Morgan fingerprint density at radius 3 is 1.57 bits per heavy atom. The number of rotatable bonds is 7. The molecule has 0 unspecified atom stereocenters. The van der Waals surface area contributed by atoms with Crippen LogP contribution in [-0.2, 0) is 0 Å². The molecule has 0 aliphatic heterocycles. The highest BCUT2D eigenvalue weighted by Gasteiger charge is 2.23. The summed E-state index contributed by atoms with van der Waals surface area (Å²) in [7, 11) is 0. The van der Waals surface area contributed by atoms with Crippen LogP contribution in [0.15, 0.2) is 206 Å². The first-order valence-corrected chi connectivity index (χ1v) is 20.3. The van der Waals surface area contributed by atoms with Crippen LogP contribution < -0.4 is 4.90 Å². The van der Waals surface area contributed by atoms with E-state index in [-0.39, 0.29) is 0 Å². The van der Waals surface area contributed by atoms with Gasteiger partial charge in [0, 0.05) is 43.5 Å². The van der Waals surface area contributed by atoms with Gasteiger partial charge in [0.05, 0.1) is 10.4 Å². The van der Waals surface area contributed by atoms with Gasteiger partial charge in [0.25, 0.3) is 0 Å². The Morgan fingerprint density at radius 1 is 0.345 bits per heavy atom. The van der Waals surface area contributed by atoms with Gasteiger partial charge in [-0.1, -0.05) is 170 Å². The molecule has 0 saturated heterocycles. The lowest BCUT2D eigenvalue weighted by Gasteiger charge is -2.26. The van der Waals surface area contributed by atoms with Gasteiger partial charge in [-0.25, -0.2) is 15.0 Å². The number of hydrogen-bond acceptors (Lipinski definition) is 5. The van der Waals surface area contributed by atoms with Gasteiger partial charge in [-0.15, -0.1) is 11.3 Å². The molecule has 272 valence electrons. The number of thiophene rings is 1. The van der Waals surface area contributed by atoms with Gasteiger partial charge in [0.1, 0.15) is 0 Å². The van der Waals surface area contributed by atoms with Gasteiger partial charge in [-0.3, -0.25) is 0 Å². The molecule has 0 aliphatic rings. The average Bonchev–Trinajstić information content (AvgIpc) is 3.71. The molecule has 0 aliphatic carbocycles. The maximum Gasteiger partial charge on any atom is 0.165 e. The quantitative estimate of drug-likeness (QED) is 0.162. The number of anilines is 3. The molecule has 5 heteroatoms. The maximum absolute atomic E-state index is 5.22. The van der Waals surface area contributed by atoms with Gasteiger partial charge in [0.2, 0.25) is 0 Å². The first-order chi connectivity index (χ1) is 28.7. The molecule has 0 spiro atoms. The van der Waals surface area contributed by atoms with Crippen LogP contribution in [0.1, 0.15) is 0 Å². The average molecular weight is 759 g/mol. The summed E-state index contributed by atoms with van der Waals surface area (Å²) in [5.74, 6) is 1.95. The zero-order valence-corrected chi connectivity index (χ0v) is 32.1. The molecular formula is C53H34N4S. The van der Waals surface area contributed by atoms with Gasteiger partial charge in [-0.05, 0) is 69.1 Å². The Labute approximate surface area is 340 Å². The molecule has 11 aromatic rings. The van der Waals surface area contributed by atoms with Crippen LogP contribution in [0.3, 0.4) is 0 Å². The van der Waals surface area contributed by atoms with E-state index in [2.05, 4.69) is 175 Å². The molecule has 11 rings (SSSR count). The first-order valence-electron chi connectivity index (χ1n) is 19.4. The van der Waals surface area contributed by atoms with Crippen molar-refractivity contribution in [3.05, 3.63) is 206 Å². The van der Waals surface area contributed by atoms with Crippen LogP contribution in [0.5, 0.6) is 0 Å². The largest absolute Gasteiger partial charge is 0.309 e. The molecular weight excluding hydrogens is 725 g/mol. The fourth-order valence-electron chi connectivity index (χ4n) is 8.08. The highest BCUT2D eigenvalue weighted by Crippen LogP contribution is 2.49. The summed E-state index contributed by atoms with van der Waals surface area (Å²) >= 11 is 1.81. The summed E-state index contributed by atoms with van der Waals surface area (Å²) in [6.45, 7) is 0. The first kappa shape index (κ1) is 33.8. The predicted octanol–water partition coefficient (Wildman–Crippen LogP) is 14.7. The third-order valence-corrected chi connectivity index (χ3v) is 12.1. The van der Waals surface area contributed by atoms with Crippen molar-refractivity contribution in [3.8, 4) is 45.3 Å². The summed E-state index contributed by atoms with van der Waals surface area (Å²) in [4.78, 5) is 17.8. The van der Waals surface area contributed by atoms with Crippen LogP contribution in [0, 0.1) is 0 Å². The van der Waals surface area contributed by atoms with Crippen molar-refractivity contribution < 1.29 is 0 Å². The molecule has 0 atom stereocenters. The zero-order chi connectivity index (χ0) is 38.4. The zero-order valence-electron chi connectivity index (χ0n) is 31.3. The van der Waals surface area contributed by atoms with E-state index in [4.69, 9.17) is 15.0 Å². The summed E-state index contributed by atoms with van der Waals surface area (Å²) < 4.78 is 2.33. The number of nitrogens with zero attached hydrogens (tertiary/aromatic N) is 4. The molecule has 0 fully saturated rings. The Morgan fingerprint density at radius 2 is 0.879 bits per heavy atom. The van der Waals surface area contributed by atoms with Gasteiger partial charge in [-0.2, -0.15) is 0 Å². The second-order valence-corrected chi connectivity index (χ2v) is 15.4. The minimum atomic E-state index is 0.647. The smallest absolute Gasteiger partial charge is 0.165 e. The van der Waals surface area contributed by atoms with Crippen molar-refractivity contribution in [2.24, 2.45) is 0 Å². The Kier molecular flexibility index (Phi) is 8.30. The topological polar surface area (TPSA) is 41.9 Å². The molecule has 0 radical (unpaired) electrons. The van der Waals surface area contributed by atoms with Crippen molar-refractivity contribution >= 4 is 70.1 Å². The Balaban J connectivity index is 1.17. The van der Waals surface area contributed by atoms with Gasteiger partial charge in [0.15, 0.2) is 17.5 Å². The minimum absolute atomic E-state index is 0.647. The summed E-state index contributed by atoms with van der Waals surface area (Å²) in [5, 5.41) is 7.15. The SMILES string of the molecule is c1ccc(-c2ccc(N(c3ccc4ccccc4c3)c3cccc4c3sc3c(-c5nc(-c6ccccc6)nc(-c6ccccc6)n5)cc5ccccc5c34)cc2)cc1. The van der Waals surface area contributed by atoms with E-state index >= 15 is 0 Å². The van der Waals surface area contributed by atoms with Crippen molar-refractivity contribution in [2.75, 3.05) is 4.90 Å². The van der Waals surface area contributed by atoms with Crippen LogP contribution in [-0.4, -0.2) is 15.0 Å². The van der Waals surface area contributed by atoms with Crippen molar-refractivity contribution in [1.29, 1.82) is 0 Å². The van der Waals surface area contributed by atoms with Gasteiger partial charge < -0.3 is 4.90 Å². The van der Waals surface area contributed by atoms with Crippen molar-refractivity contribution in [3.63, 3.8) is 0 Å². The third-order valence-electron chi connectivity index (χ3n) is 10.9. The van der Waals surface area contributed by atoms with Crippen molar-refractivity contribution in [2.45, 2.75) is 0 Å². The normalized spacial score (nSPS) is 11.4. The summed E-state index contributed by atoms with van der Waals surface area (Å²) in [6.07, 6.45) is 0. The standard InChI is InChI=1S/C53H34N4S/c1-4-15-35(16-5-1)37-27-30-42(31-28-37)57(43-32-29-36-17-10-11-22-40(36)33-43)47-26-14-25-45-48-44-24-13-12-23-41(44)34-46(50(48)58-49(45)47)53-55-51(38-18-6-2-7-19-38)54-52(56-53)39-20-8-3-9-21-39/h1-34H. The number of aromatic nitrogens is 3. The fraction of sp³-hybridized carbons (Fsp3) is 0. The lowest BCUT2D eigenvalue weighted by molar-refractivity contribution is 1.08. The lowest BCUT2D eigenvalue weighted by Crippen LogP contribution is -2.10. The predicted molar refractivity (Wildman–Crippen MR) is 244 cm³/mol. The Hall–Kier alpha value is -7.47. The summed E-state index contributed by atoms with van der Waals surface area (Å²) in [5.41, 5.74) is 8.56. The fourth-order valence-corrected chi connectivity index (χ4v) is 9.41. The minimum Gasteiger partial charge on any atom is -0.309 e. The number of benzene rings is 9. The van der Waals surface area contributed by atoms with E-state index in [1.807, 2.05) is 47.7 Å². The van der Waals surface area contributed by atoms with Crippen LogP contribution in [0.2, 0.25) is 0 Å². The molecule has 0 N–H and O–H groups in total. The van der Waals surface area contributed by atoms with E-state index in [0.717, 1.165) is 43.8 Å². The van der Waals surface area contributed by atoms with E-state index < -0.39 is 0 Å². The molecule has 2 heterocycles. The highest BCUT2D eigenvalue weighted by atomic mass is 32.1. The van der Waals surface area contributed by atoms with Gasteiger partial charge >= 0.3 is 0 Å². The second kappa shape index (κ2) is 14.2. The van der Waals surface area contributed by atoms with Crippen LogP contribution in [0.4, 0.5) is 17.1 Å². The highest BCUT2D eigenvalue weighted by molar-refractivity contribution is 7.27. The molecule has 9 aromatic carbocycles. The molecule has 0 amide bonds. The third kappa shape index (κ3) is 5.97. The molecule has 4 nitrogen and oxygen atoms in total. The number of hydrogen-bond donors (Lipinski definition) is 0. The van der Waals surface area contributed by atoms with E-state index in [1.54, 1.807) is 0 Å².